The Labute approximate surface area is 214 Å². The molecule has 1 aromatic heterocycles. The molecule has 2 heterocycles. The van der Waals surface area contributed by atoms with Crippen LogP contribution in [0.15, 0.2) is 58.2 Å². The minimum Gasteiger partial charge on any atom is -0.503 e. The number of furan rings is 1. The maximum atomic E-state index is 13.7. The number of benzene rings is 2. The van der Waals surface area contributed by atoms with Crippen molar-refractivity contribution in [3.8, 4) is 11.5 Å². The van der Waals surface area contributed by atoms with E-state index < -0.39 is 23.5 Å². The molecule has 1 N–H and O–H groups in total. The van der Waals surface area contributed by atoms with Gasteiger partial charge >= 0.3 is 0 Å². The van der Waals surface area contributed by atoms with Crippen molar-refractivity contribution in [2.24, 2.45) is 0 Å². The predicted octanol–water partition coefficient (Wildman–Crippen LogP) is 5.50. The summed E-state index contributed by atoms with van der Waals surface area (Å²) in [4.78, 5) is 28.3. The van der Waals surface area contributed by atoms with Crippen molar-refractivity contribution < 1.29 is 33.3 Å². The Morgan fingerprint density at radius 2 is 1.89 bits per heavy atom. The molecule has 1 unspecified atom stereocenters. The van der Waals surface area contributed by atoms with Gasteiger partial charge in [-0.2, -0.15) is 0 Å². The lowest BCUT2D eigenvalue weighted by atomic mass is 9.95. The first-order valence-corrected chi connectivity index (χ1v) is 12.0. The summed E-state index contributed by atoms with van der Waals surface area (Å²) >= 11 is 6.16. The smallest absolute Gasteiger partial charge is 0.290 e. The molecule has 36 heavy (non-hydrogen) atoms. The highest BCUT2D eigenvalue weighted by atomic mass is 35.5. The summed E-state index contributed by atoms with van der Waals surface area (Å²) in [7, 11) is 3.05. The van der Waals surface area contributed by atoms with Crippen molar-refractivity contribution >= 4 is 34.3 Å². The van der Waals surface area contributed by atoms with Crippen LogP contribution in [-0.4, -0.2) is 55.7 Å². The van der Waals surface area contributed by atoms with Crippen molar-refractivity contribution in [1.29, 1.82) is 0 Å². The summed E-state index contributed by atoms with van der Waals surface area (Å²) < 4.78 is 22.0. The molecule has 2 aromatic carbocycles. The van der Waals surface area contributed by atoms with Crippen molar-refractivity contribution in [2.75, 3.05) is 34.0 Å². The van der Waals surface area contributed by atoms with E-state index >= 15 is 0 Å². The molecule has 0 aliphatic carbocycles. The Kier molecular flexibility index (Phi) is 7.86. The molecule has 190 valence electrons. The second-order valence-corrected chi connectivity index (χ2v) is 8.83. The Hall–Kier alpha value is -3.49. The zero-order valence-electron chi connectivity index (χ0n) is 20.4. The van der Waals surface area contributed by atoms with Crippen molar-refractivity contribution in [3.05, 3.63) is 70.1 Å². The van der Waals surface area contributed by atoms with Crippen LogP contribution in [0.5, 0.6) is 11.5 Å². The molecule has 1 atom stereocenters. The van der Waals surface area contributed by atoms with Crippen LogP contribution in [0.1, 0.15) is 41.9 Å². The van der Waals surface area contributed by atoms with E-state index in [1.807, 2.05) is 6.92 Å². The lowest BCUT2D eigenvalue weighted by Gasteiger charge is -2.26. The summed E-state index contributed by atoms with van der Waals surface area (Å²) in [5.41, 5.74) is 0.957. The summed E-state index contributed by atoms with van der Waals surface area (Å²) in [5, 5.41) is 11.9. The molecular formula is C27H28ClNO7. The number of carbonyl (C=O) groups is 2. The molecule has 1 aliphatic heterocycles. The fraction of sp³-hybridized carbons (Fsp3) is 0.333. The third-order valence-electron chi connectivity index (χ3n) is 5.96. The zero-order chi connectivity index (χ0) is 25.8. The third kappa shape index (κ3) is 4.92. The van der Waals surface area contributed by atoms with E-state index in [9.17, 15) is 14.7 Å². The number of ether oxygens (including phenoxy) is 3. The van der Waals surface area contributed by atoms with Crippen molar-refractivity contribution in [2.45, 2.75) is 25.8 Å². The van der Waals surface area contributed by atoms with Crippen LogP contribution in [-0.2, 0) is 9.53 Å². The third-order valence-corrected chi connectivity index (χ3v) is 6.17. The lowest BCUT2D eigenvalue weighted by Crippen LogP contribution is -2.32. The van der Waals surface area contributed by atoms with Gasteiger partial charge in [-0.15, -0.1) is 0 Å². The number of hydrogen-bond acceptors (Lipinski definition) is 7. The van der Waals surface area contributed by atoms with Crippen LogP contribution in [0, 0.1) is 0 Å². The topological polar surface area (TPSA) is 98.4 Å². The van der Waals surface area contributed by atoms with Gasteiger partial charge in [0.05, 0.1) is 25.3 Å². The number of halogens is 1. The molecule has 8 nitrogen and oxygen atoms in total. The van der Waals surface area contributed by atoms with E-state index in [2.05, 4.69) is 0 Å². The maximum absolute atomic E-state index is 13.7. The summed E-state index contributed by atoms with van der Waals surface area (Å²) in [5.74, 6) is -0.801. The standard InChI is InChI=1S/C27H28ClNO7/c1-4-11-35-19-8-6-16(7-9-19)23-22(25(31)27(32)29(23)10-5-12-33-2)24(30)20-14-17-13-18(28)15-21(34-3)26(17)36-20/h6-9,13-15,23,31H,4-5,10-12H2,1-3H3. The number of fused-ring (bicyclic) bond motifs is 1. The van der Waals surface area contributed by atoms with Gasteiger partial charge in [-0.25, -0.2) is 0 Å². The minimum atomic E-state index is -0.805. The molecule has 0 saturated heterocycles. The number of aliphatic hydroxyl groups excluding tert-OH is 1. The summed E-state index contributed by atoms with van der Waals surface area (Å²) in [6.45, 7) is 3.31. The lowest BCUT2D eigenvalue weighted by molar-refractivity contribution is -0.129. The normalized spacial score (nSPS) is 15.7. The fourth-order valence-electron chi connectivity index (χ4n) is 4.29. The van der Waals surface area contributed by atoms with Gasteiger partial charge in [0.2, 0.25) is 5.78 Å². The van der Waals surface area contributed by atoms with Crippen LogP contribution >= 0.6 is 11.6 Å². The van der Waals surface area contributed by atoms with E-state index in [-0.39, 0.29) is 17.9 Å². The molecule has 1 aliphatic rings. The highest BCUT2D eigenvalue weighted by Crippen LogP contribution is 2.41. The first-order valence-electron chi connectivity index (χ1n) is 11.7. The van der Waals surface area contributed by atoms with E-state index in [1.165, 1.54) is 18.1 Å². The fourth-order valence-corrected chi connectivity index (χ4v) is 4.51. The van der Waals surface area contributed by atoms with Gasteiger partial charge in [0.15, 0.2) is 22.9 Å². The highest BCUT2D eigenvalue weighted by molar-refractivity contribution is 6.31. The number of methoxy groups -OCH3 is 2. The number of aliphatic hydroxyl groups is 1. The van der Waals surface area contributed by atoms with Crippen molar-refractivity contribution in [1.82, 2.24) is 4.90 Å². The van der Waals surface area contributed by atoms with Gasteiger partial charge in [-0.05, 0) is 42.7 Å². The van der Waals surface area contributed by atoms with Crippen LogP contribution in [0.25, 0.3) is 11.0 Å². The molecule has 9 heteroatoms. The Balaban J connectivity index is 1.75. The van der Waals surface area contributed by atoms with Crippen LogP contribution in [0.3, 0.4) is 0 Å². The van der Waals surface area contributed by atoms with Gasteiger partial charge in [-0.1, -0.05) is 30.7 Å². The summed E-state index contributed by atoms with van der Waals surface area (Å²) in [6.07, 6.45) is 1.40. The molecule has 0 radical (unpaired) electrons. The first-order chi connectivity index (χ1) is 17.4. The summed E-state index contributed by atoms with van der Waals surface area (Å²) in [6, 6.07) is 11.1. The van der Waals surface area contributed by atoms with E-state index in [0.29, 0.717) is 52.7 Å². The SMILES string of the molecule is CCCOc1ccc(C2C(C(=O)c3cc4cc(Cl)cc(OC)c4o3)=C(O)C(=O)N2CCCOC)cc1. The van der Waals surface area contributed by atoms with Gasteiger partial charge < -0.3 is 28.6 Å². The van der Waals surface area contributed by atoms with Crippen LogP contribution in [0.4, 0.5) is 0 Å². The number of nitrogens with zero attached hydrogens (tertiary/aromatic N) is 1. The number of hydrogen-bond donors (Lipinski definition) is 1. The number of carbonyl (C=O) groups excluding carboxylic acids is 2. The molecular weight excluding hydrogens is 486 g/mol. The monoisotopic (exact) mass is 513 g/mol. The number of amides is 1. The Bertz CT molecular complexity index is 1300. The van der Waals surface area contributed by atoms with Gasteiger partial charge in [0.25, 0.3) is 5.91 Å². The van der Waals surface area contributed by atoms with E-state index in [1.54, 1.807) is 43.5 Å². The number of Topliss-reactive ketones (excluding diaryl/α,β-unsaturated/α-hetero) is 1. The average molecular weight is 514 g/mol. The quantitative estimate of drug-likeness (QED) is 0.267. The molecule has 0 saturated carbocycles. The molecule has 0 bridgehead atoms. The van der Waals surface area contributed by atoms with Gasteiger partial charge in [-0.3, -0.25) is 9.59 Å². The van der Waals surface area contributed by atoms with Gasteiger partial charge in [0, 0.05) is 36.7 Å². The Morgan fingerprint density at radius 1 is 1.14 bits per heavy atom. The molecule has 3 aromatic rings. The zero-order valence-corrected chi connectivity index (χ0v) is 21.1. The minimum absolute atomic E-state index is 0.0356. The molecule has 0 fully saturated rings. The number of rotatable bonds is 11. The second-order valence-electron chi connectivity index (χ2n) is 8.39. The average Bonchev–Trinajstić information content (AvgIpc) is 3.41. The van der Waals surface area contributed by atoms with Crippen LogP contribution in [0.2, 0.25) is 5.02 Å². The van der Waals surface area contributed by atoms with Gasteiger partial charge in [0.1, 0.15) is 5.75 Å². The van der Waals surface area contributed by atoms with Crippen LogP contribution < -0.4 is 9.47 Å². The molecule has 0 spiro atoms. The molecule has 4 rings (SSSR count). The predicted molar refractivity (Wildman–Crippen MR) is 135 cm³/mol. The number of ketones is 1. The Morgan fingerprint density at radius 3 is 2.56 bits per heavy atom. The van der Waals surface area contributed by atoms with E-state index in [0.717, 1.165) is 6.42 Å². The molecule has 1 amide bonds. The second kappa shape index (κ2) is 11.1. The highest BCUT2D eigenvalue weighted by Gasteiger charge is 2.44. The van der Waals surface area contributed by atoms with E-state index in [4.69, 9.17) is 30.2 Å². The largest absolute Gasteiger partial charge is 0.503 e. The first kappa shape index (κ1) is 25.6. The van der Waals surface area contributed by atoms with Crippen molar-refractivity contribution in [3.63, 3.8) is 0 Å². The maximum Gasteiger partial charge on any atom is 0.290 e.